The van der Waals surface area contributed by atoms with Gasteiger partial charge in [0.1, 0.15) is 0 Å². The number of piperidine rings is 1. The van der Waals surface area contributed by atoms with Crippen molar-refractivity contribution in [3.8, 4) is 0 Å². The summed E-state index contributed by atoms with van der Waals surface area (Å²) in [6.45, 7) is 11.7. The molecule has 5 heteroatoms. The first-order valence-electron chi connectivity index (χ1n) is 8.95. The van der Waals surface area contributed by atoms with Crippen LogP contribution in [0.15, 0.2) is 0 Å². The zero-order valence-corrected chi connectivity index (χ0v) is 16.2. The molecule has 0 aromatic heterocycles. The van der Waals surface area contributed by atoms with E-state index in [-0.39, 0.29) is 17.8 Å². The Bertz CT molecular complexity index is 383. The number of halogens is 1. The van der Waals surface area contributed by atoms with E-state index in [0.717, 1.165) is 26.1 Å². The monoisotopic (exact) mass is 346 g/mol. The van der Waals surface area contributed by atoms with Gasteiger partial charge in [-0.3, -0.25) is 4.79 Å². The van der Waals surface area contributed by atoms with Gasteiger partial charge >= 0.3 is 0 Å². The maximum absolute atomic E-state index is 12.7. The summed E-state index contributed by atoms with van der Waals surface area (Å²) in [6, 6.07) is 0.316. The van der Waals surface area contributed by atoms with Crippen LogP contribution in [-0.2, 0) is 9.53 Å². The Kier molecular flexibility index (Phi) is 7.82. The molecule has 1 saturated carbocycles. The molecule has 3 atom stereocenters. The summed E-state index contributed by atoms with van der Waals surface area (Å²) in [6.07, 6.45) is 4.37. The van der Waals surface area contributed by atoms with Crippen molar-refractivity contribution in [1.29, 1.82) is 0 Å². The van der Waals surface area contributed by atoms with Crippen LogP contribution < -0.4 is 5.32 Å². The van der Waals surface area contributed by atoms with Gasteiger partial charge in [-0.2, -0.15) is 0 Å². The van der Waals surface area contributed by atoms with Crippen LogP contribution in [0, 0.1) is 17.3 Å². The van der Waals surface area contributed by atoms with Crippen LogP contribution >= 0.6 is 12.4 Å². The lowest BCUT2D eigenvalue weighted by Gasteiger charge is -2.55. The molecule has 1 saturated heterocycles. The normalized spacial score (nSPS) is 28.4. The van der Waals surface area contributed by atoms with E-state index in [0.29, 0.717) is 36.3 Å². The van der Waals surface area contributed by atoms with Crippen molar-refractivity contribution < 1.29 is 9.53 Å². The molecule has 1 aliphatic heterocycles. The molecular formula is C18H35ClN2O2. The summed E-state index contributed by atoms with van der Waals surface area (Å²) in [5, 5.41) is 3.40. The first-order valence-corrected chi connectivity index (χ1v) is 8.95. The largest absolute Gasteiger partial charge is 0.378 e. The van der Waals surface area contributed by atoms with Crippen LogP contribution in [0.2, 0.25) is 0 Å². The number of ether oxygens (including phenoxy) is 1. The van der Waals surface area contributed by atoms with Crippen molar-refractivity contribution in [2.45, 2.75) is 65.5 Å². The molecule has 1 heterocycles. The Morgan fingerprint density at radius 3 is 2.48 bits per heavy atom. The van der Waals surface area contributed by atoms with Gasteiger partial charge in [-0.1, -0.05) is 20.8 Å². The summed E-state index contributed by atoms with van der Waals surface area (Å²) >= 11 is 0. The van der Waals surface area contributed by atoms with E-state index in [9.17, 15) is 4.79 Å². The highest BCUT2D eigenvalue weighted by atomic mass is 35.5. The van der Waals surface area contributed by atoms with Gasteiger partial charge in [0.2, 0.25) is 5.91 Å². The van der Waals surface area contributed by atoms with Crippen LogP contribution in [-0.4, -0.2) is 49.7 Å². The second kappa shape index (κ2) is 8.68. The molecule has 2 rings (SSSR count). The molecule has 136 valence electrons. The molecule has 2 fully saturated rings. The van der Waals surface area contributed by atoms with Crippen LogP contribution in [0.4, 0.5) is 0 Å². The highest BCUT2D eigenvalue weighted by molar-refractivity contribution is 5.85. The lowest BCUT2D eigenvalue weighted by atomic mass is 9.63. The molecule has 0 radical (unpaired) electrons. The molecule has 1 N–H and O–H groups in total. The topological polar surface area (TPSA) is 41.6 Å². The average Bonchev–Trinajstić information content (AvgIpc) is 2.51. The number of nitrogens with zero attached hydrogens (tertiary/aromatic N) is 1. The number of hydrogen-bond acceptors (Lipinski definition) is 3. The molecular weight excluding hydrogens is 312 g/mol. The quantitative estimate of drug-likeness (QED) is 0.803. The van der Waals surface area contributed by atoms with Gasteiger partial charge in [0.15, 0.2) is 0 Å². The van der Waals surface area contributed by atoms with E-state index >= 15 is 0 Å². The van der Waals surface area contributed by atoms with Crippen molar-refractivity contribution in [3.63, 3.8) is 0 Å². The highest BCUT2D eigenvalue weighted by Crippen LogP contribution is 2.45. The molecule has 0 bridgehead atoms. The Hall–Kier alpha value is -0.320. The van der Waals surface area contributed by atoms with E-state index < -0.39 is 0 Å². The van der Waals surface area contributed by atoms with Gasteiger partial charge in [-0.15, -0.1) is 12.4 Å². The van der Waals surface area contributed by atoms with Gasteiger partial charge in [0.05, 0.1) is 6.10 Å². The molecule has 23 heavy (non-hydrogen) atoms. The molecule has 0 aromatic rings. The van der Waals surface area contributed by atoms with Crippen LogP contribution in [0.1, 0.15) is 53.4 Å². The fraction of sp³-hybridized carbons (Fsp3) is 0.944. The Morgan fingerprint density at radius 1 is 1.35 bits per heavy atom. The predicted molar refractivity (Wildman–Crippen MR) is 97.0 cm³/mol. The second-order valence-corrected chi connectivity index (χ2v) is 7.79. The molecule has 4 nitrogen and oxygen atoms in total. The molecule has 2 aliphatic rings. The smallest absolute Gasteiger partial charge is 0.222 e. The van der Waals surface area contributed by atoms with E-state index in [4.69, 9.17) is 4.74 Å². The Labute approximate surface area is 148 Å². The van der Waals surface area contributed by atoms with Crippen molar-refractivity contribution in [2.24, 2.45) is 17.3 Å². The fourth-order valence-electron chi connectivity index (χ4n) is 4.18. The Morgan fingerprint density at radius 2 is 1.96 bits per heavy atom. The summed E-state index contributed by atoms with van der Waals surface area (Å²) in [5.74, 6) is 1.49. The molecule has 3 unspecified atom stereocenters. The maximum Gasteiger partial charge on any atom is 0.222 e. The second-order valence-electron chi connectivity index (χ2n) is 7.79. The van der Waals surface area contributed by atoms with Gasteiger partial charge in [-0.05, 0) is 51.1 Å². The first-order chi connectivity index (χ1) is 10.4. The number of carbonyl (C=O) groups excluding carboxylic acids is 1. The van der Waals surface area contributed by atoms with Crippen LogP contribution in [0.5, 0.6) is 0 Å². The third kappa shape index (κ3) is 4.61. The zero-order valence-electron chi connectivity index (χ0n) is 15.4. The van der Waals surface area contributed by atoms with Crippen LogP contribution in [0.25, 0.3) is 0 Å². The zero-order chi connectivity index (χ0) is 16.3. The minimum absolute atomic E-state index is 0. The summed E-state index contributed by atoms with van der Waals surface area (Å²) in [7, 11) is 1.98. The van der Waals surface area contributed by atoms with Crippen molar-refractivity contribution in [3.05, 3.63) is 0 Å². The number of nitrogens with one attached hydrogen (secondary N) is 1. The lowest BCUT2D eigenvalue weighted by molar-refractivity contribution is -0.164. The van der Waals surface area contributed by atoms with E-state index in [1.807, 2.05) is 18.9 Å². The van der Waals surface area contributed by atoms with E-state index in [2.05, 4.69) is 26.1 Å². The SMILES string of the molecule is CCOC1CC(N(C)C(=O)CC(C)C2CCNCC2)C1(C)C.Cl. The number of rotatable bonds is 6. The van der Waals surface area contributed by atoms with Gasteiger partial charge in [0.25, 0.3) is 0 Å². The van der Waals surface area contributed by atoms with Gasteiger partial charge < -0.3 is 15.0 Å². The third-order valence-corrected chi connectivity index (χ3v) is 6.04. The highest BCUT2D eigenvalue weighted by Gasteiger charge is 2.51. The molecule has 0 spiro atoms. The van der Waals surface area contributed by atoms with Gasteiger partial charge in [0, 0.05) is 31.5 Å². The molecule has 0 aromatic carbocycles. The summed E-state index contributed by atoms with van der Waals surface area (Å²) in [4.78, 5) is 14.6. The molecule has 1 aliphatic carbocycles. The predicted octanol–water partition coefficient (Wildman–Crippen LogP) is 3.10. The standard InChI is InChI=1S/C18H34N2O2.ClH/c1-6-22-16-12-15(18(16,3)4)20(5)17(21)11-13(2)14-7-9-19-10-8-14;/h13-16,19H,6-12H2,1-5H3;1H. The van der Waals surface area contributed by atoms with Crippen LogP contribution in [0.3, 0.4) is 0 Å². The van der Waals surface area contributed by atoms with Crippen molar-refractivity contribution in [2.75, 3.05) is 26.7 Å². The van der Waals surface area contributed by atoms with E-state index in [1.54, 1.807) is 0 Å². The fourth-order valence-corrected chi connectivity index (χ4v) is 4.18. The van der Waals surface area contributed by atoms with Crippen molar-refractivity contribution in [1.82, 2.24) is 10.2 Å². The first kappa shape index (κ1) is 20.7. The summed E-state index contributed by atoms with van der Waals surface area (Å²) < 4.78 is 5.78. The van der Waals surface area contributed by atoms with E-state index in [1.165, 1.54) is 12.8 Å². The maximum atomic E-state index is 12.7. The third-order valence-electron chi connectivity index (χ3n) is 6.04. The number of hydrogen-bond donors (Lipinski definition) is 1. The minimum atomic E-state index is 0. The average molecular weight is 347 g/mol. The lowest BCUT2D eigenvalue weighted by Crippen LogP contribution is -2.62. The summed E-state index contributed by atoms with van der Waals surface area (Å²) in [5.41, 5.74) is 0.0679. The number of amides is 1. The van der Waals surface area contributed by atoms with Crippen molar-refractivity contribution >= 4 is 18.3 Å². The minimum Gasteiger partial charge on any atom is -0.378 e. The Balaban J connectivity index is 0.00000264. The number of carbonyl (C=O) groups is 1. The van der Waals surface area contributed by atoms with Gasteiger partial charge in [-0.25, -0.2) is 0 Å². The molecule has 1 amide bonds.